The van der Waals surface area contributed by atoms with Crippen molar-refractivity contribution < 1.29 is 9.59 Å². The summed E-state index contributed by atoms with van der Waals surface area (Å²) in [6, 6.07) is 0.828. The second-order valence-electron chi connectivity index (χ2n) is 4.75. The summed E-state index contributed by atoms with van der Waals surface area (Å²) in [5.41, 5.74) is 0.414. The molecule has 1 atom stereocenters. The number of nitrogens with one attached hydrogen (secondary N) is 3. The third-order valence-corrected chi connectivity index (χ3v) is 4.10. The van der Waals surface area contributed by atoms with Crippen LogP contribution in [0.15, 0.2) is 16.2 Å². The highest BCUT2D eigenvalue weighted by atomic mass is 32.1. The van der Waals surface area contributed by atoms with Crippen molar-refractivity contribution in [1.29, 1.82) is 0 Å². The van der Waals surface area contributed by atoms with Crippen LogP contribution in [0.2, 0.25) is 0 Å². The van der Waals surface area contributed by atoms with Crippen LogP contribution < -0.4 is 16.2 Å². The van der Waals surface area contributed by atoms with Crippen LogP contribution in [0.5, 0.6) is 0 Å². The van der Waals surface area contributed by atoms with Crippen LogP contribution in [0.3, 0.4) is 0 Å². The number of rotatable bonds is 3. The van der Waals surface area contributed by atoms with Gasteiger partial charge in [-0.25, -0.2) is 9.78 Å². The van der Waals surface area contributed by atoms with E-state index in [2.05, 4.69) is 20.6 Å². The Labute approximate surface area is 123 Å². The molecule has 0 aromatic carbocycles. The first-order valence-electron chi connectivity index (χ1n) is 6.30. The van der Waals surface area contributed by atoms with Gasteiger partial charge in [-0.1, -0.05) is 0 Å². The first-order chi connectivity index (χ1) is 10.0. The molecule has 1 unspecified atom stereocenters. The summed E-state index contributed by atoms with van der Waals surface area (Å²) in [5, 5.41) is 6.85. The lowest BCUT2D eigenvalue weighted by molar-refractivity contribution is -0.132. The van der Waals surface area contributed by atoms with Crippen LogP contribution in [0, 0.1) is 0 Å². The Bertz CT molecular complexity index is 768. The lowest BCUT2D eigenvalue weighted by Crippen LogP contribution is -2.43. The molecule has 1 fully saturated rings. The monoisotopic (exact) mass is 307 g/mol. The molecule has 9 heteroatoms. The number of fused-ring (bicyclic) bond motifs is 1. The Morgan fingerprint density at radius 3 is 3.05 bits per heavy atom. The molecule has 1 aliphatic heterocycles. The molecule has 3 heterocycles. The predicted octanol–water partition coefficient (Wildman–Crippen LogP) is -0.376. The fourth-order valence-electron chi connectivity index (χ4n) is 2.17. The number of amides is 3. The molecule has 3 N–H and O–H groups in total. The van der Waals surface area contributed by atoms with Gasteiger partial charge in [0.15, 0.2) is 0 Å². The summed E-state index contributed by atoms with van der Waals surface area (Å²) in [5.74, 6) is 0.181. The summed E-state index contributed by atoms with van der Waals surface area (Å²) in [7, 11) is 1.60. The first-order valence-corrected chi connectivity index (χ1v) is 7.18. The van der Waals surface area contributed by atoms with Crippen LogP contribution in [0.25, 0.3) is 10.2 Å². The Hall–Kier alpha value is -2.42. The van der Waals surface area contributed by atoms with Gasteiger partial charge >= 0.3 is 6.03 Å². The average molecular weight is 307 g/mol. The van der Waals surface area contributed by atoms with Crippen LogP contribution >= 0.6 is 11.3 Å². The normalized spacial score (nSPS) is 17.6. The summed E-state index contributed by atoms with van der Waals surface area (Å²) in [6.07, 6.45) is 0. The molecule has 2 aromatic heterocycles. The maximum Gasteiger partial charge on any atom is 0.315 e. The van der Waals surface area contributed by atoms with Crippen molar-refractivity contribution in [2.75, 3.05) is 13.6 Å². The zero-order valence-electron chi connectivity index (χ0n) is 11.2. The molecule has 8 nitrogen and oxygen atoms in total. The predicted molar refractivity (Wildman–Crippen MR) is 77.0 cm³/mol. The summed E-state index contributed by atoms with van der Waals surface area (Å²) in [6.45, 7) is 0.432. The minimum Gasteiger partial charge on any atom is -0.336 e. The Morgan fingerprint density at radius 1 is 1.52 bits per heavy atom. The van der Waals surface area contributed by atoms with E-state index in [-0.39, 0.29) is 30.6 Å². The van der Waals surface area contributed by atoms with E-state index in [1.165, 1.54) is 16.2 Å². The van der Waals surface area contributed by atoms with Crippen molar-refractivity contribution in [3.8, 4) is 0 Å². The maximum atomic E-state index is 12.1. The molecule has 0 spiro atoms. The van der Waals surface area contributed by atoms with E-state index in [0.29, 0.717) is 16.0 Å². The number of thiophene rings is 1. The van der Waals surface area contributed by atoms with E-state index >= 15 is 0 Å². The second kappa shape index (κ2) is 5.17. The zero-order valence-corrected chi connectivity index (χ0v) is 12.0. The smallest absolute Gasteiger partial charge is 0.315 e. The number of likely N-dealkylation sites (N-methyl/N-ethyl adjacent to an activating group) is 1. The molecule has 21 heavy (non-hydrogen) atoms. The van der Waals surface area contributed by atoms with Crippen LogP contribution in [0.1, 0.15) is 5.82 Å². The molecule has 3 rings (SSSR count). The molecular formula is C12H13N5O3S. The molecule has 3 amide bonds. The number of hydrogen-bond acceptors (Lipinski definition) is 5. The van der Waals surface area contributed by atoms with Gasteiger partial charge in [-0.05, 0) is 11.4 Å². The topological polar surface area (TPSA) is 107 Å². The second-order valence-corrected chi connectivity index (χ2v) is 5.66. The first kappa shape index (κ1) is 13.6. The van der Waals surface area contributed by atoms with Crippen molar-refractivity contribution in [2.24, 2.45) is 0 Å². The van der Waals surface area contributed by atoms with Gasteiger partial charge in [-0.3, -0.25) is 9.59 Å². The number of carbonyl (C=O) groups is 2. The molecule has 0 radical (unpaired) electrons. The average Bonchev–Trinajstić information content (AvgIpc) is 3.06. The number of nitrogens with zero attached hydrogens (tertiary/aromatic N) is 2. The highest BCUT2D eigenvalue weighted by Gasteiger charge is 2.29. The minimum absolute atomic E-state index is 0.173. The lowest BCUT2D eigenvalue weighted by atomic mass is 10.2. The fraction of sp³-hybridized carbons (Fsp3) is 0.333. The van der Waals surface area contributed by atoms with Crippen LogP contribution in [0.4, 0.5) is 4.79 Å². The van der Waals surface area contributed by atoms with Gasteiger partial charge in [0.2, 0.25) is 5.91 Å². The van der Waals surface area contributed by atoms with E-state index in [9.17, 15) is 14.4 Å². The molecular weight excluding hydrogens is 294 g/mol. The highest BCUT2D eigenvalue weighted by Crippen LogP contribution is 2.14. The van der Waals surface area contributed by atoms with Gasteiger partial charge in [-0.2, -0.15) is 0 Å². The number of hydrogen-bond donors (Lipinski definition) is 3. The van der Waals surface area contributed by atoms with E-state index in [4.69, 9.17) is 0 Å². The highest BCUT2D eigenvalue weighted by molar-refractivity contribution is 7.17. The van der Waals surface area contributed by atoms with Crippen molar-refractivity contribution in [3.05, 3.63) is 27.6 Å². The zero-order chi connectivity index (χ0) is 15.0. The largest absolute Gasteiger partial charge is 0.336 e. The number of H-pyrrole nitrogens is 1. The summed E-state index contributed by atoms with van der Waals surface area (Å²) < 4.78 is 0.569. The third kappa shape index (κ3) is 2.59. The lowest BCUT2D eigenvalue weighted by Gasteiger charge is -2.19. The Kier molecular flexibility index (Phi) is 3.34. The van der Waals surface area contributed by atoms with E-state index in [1.54, 1.807) is 18.5 Å². The van der Waals surface area contributed by atoms with Crippen molar-refractivity contribution in [3.63, 3.8) is 0 Å². The fourth-order valence-corrected chi connectivity index (χ4v) is 2.89. The van der Waals surface area contributed by atoms with Crippen LogP contribution in [-0.4, -0.2) is 46.4 Å². The number of urea groups is 1. The van der Waals surface area contributed by atoms with Crippen LogP contribution in [-0.2, 0) is 11.3 Å². The Balaban J connectivity index is 1.76. The molecule has 110 valence electrons. The maximum absolute atomic E-state index is 12.1. The van der Waals surface area contributed by atoms with Crippen molar-refractivity contribution in [2.45, 2.75) is 12.6 Å². The minimum atomic E-state index is -0.584. The van der Waals surface area contributed by atoms with Gasteiger partial charge in [0.25, 0.3) is 5.56 Å². The van der Waals surface area contributed by atoms with Gasteiger partial charge in [0.1, 0.15) is 16.6 Å². The van der Waals surface area contributed by atoms with Gasteiger partial charge in [-0.15, -0.1) is 11.3 Å². The van der Waals surface area contributed by atoms with Gasteiger partial charge in [0, 0.05) is 13.6 Å². The summed E-state index contributed by atoms with van der Waals surface area (Å²) >= 11 is 1.33. The third-order valence-electron chi connectivity index (χ3n) is 3.20. The molecule has 1 saturated heterocycles. The van der Waals surface area contributed by atoms with Crippen molar-refractivity contribution >= 4 is 33.5 Å². The standard InChI is InChI=1S/C12H13N5O3S/c1-17(11(19)7-4-13-12(20)15-7)5-8-14-6-2-3-21-9(6)10(18)16-8/h2-3,7H,4-5H2,1H3,(H2,13,15,20)(H,14,16,18). The number of carbonyl (C=O) groups excluding carboxylic acids is 2. The number of aromatic nitrogens is 2. The molecule has 0 aliphatic carbocycles. The number of aromatic amines is 1. The molecule has 2 aromatic rings. The Morgan fingerprint density at radius 2 is 2.33 bits per heavy atom. The van der Waals surface area contributed by atoms with E-state index in [0.717, 1.165) is 0 Å². The SMILES string of the molecule is CN(Cc1nc2ccsc2c(=O)[nH]1)C(=O)C1CNC(=O)N1. The summed E-state index contributed by atoms with van der Waals surface area (Å²) in [4.78, 5) is 43.5. The quantitative estimate of drug-likeness (QED) is 0.718. The van der Waals surface area contributed by atoms with Crippen molar-refractivity contribution in [1.82, 2.24) is 25.5 Å². The molecule has 1 aliphatic rings. The van der Waals surface area contributed by atoms with E-state index in [1.807, 2.05) is 0 Å². The van der Waals surface area contributed by atoms with Gasteiger partial charge < -0.3 is 20.5 Å². The van der Waals surface area contributed by atoms with Gasteiger partial charge in [0.05, 0.1) is 12.1 Å². The molecule has 0 saturated carbocycles. The van der Waals surface area contributed by atoms with E-state index < -0.39 is 6.04 Å². The molecule has 0 bridgehead atoms.